The lowest BCUT2D eigenvalue weighted by atomic mass is 10.1. The number of nitrogens with one attached hydrogen (secondary N) is 1. The number of aromatic nitrogens is 1. The van der Waals surface area contributed by atoms with Crippen LogP contribution in [0.2, 0.25) is 5.02 Å². The van der Waals surface area contributed by atoms with Gasteiger partial charge in [-0.05, 0) is 30.3 Å². The number of carbonyl (C=O) groups excluding carboxylic acids is 1. The molecule has 0 atom stereocenters. The highest BCUT2D eigenvalue weighted by molar-refractivity contribution is 6.34. The van der Waals surface area contributed by atoms with E-state index >= 15 is 0 Å². The van der Waals surface area contributed by atoms with Gasteiger partial charge in [0.1, 0.15) is 0 Å². The van der Waals surface area contributed by atoms with Gasteiger partial charge in [0.05, 0.1) is 28.0 Å². The quantitative estimate of drug-likeness (QED) is 0.372. The van der Waals surface area contributed by atoms with Crippen LogP contribution in [0.15, 0.2) is 83.4 Å². The van der Waals surface area contributed by atoms with E-state index in [0.717, 1.165) is 23.8 Å². The van der Waals surface area contributed by atoms with E-state index in [4.69, 9.17) is 16.0 Å². The molecule has 1 N–H and O–H groups in total. The van der Waals surface area contributed by atoms with Gasteiger partial charge in [0.15, 0.2) is 5.76 Å². The summed E-state index contributed by atoms with van der Waals surface area (Å²) in [7, 11) is 0. The molecule has 0 aliphatic heterocycles. The summed E-state index contributed by atoms with van der Waals surface area (Å²) in [6.45, 7) is 0. The summed E-state index contributed by atoms with van der Waals surface area (Å²) >= 11 is 5.99. The van der Waals surface area contributed by atoms with Crippen LogP contribution in [0.3, 0.4) is 0 Å². The highest BCUT2D eigenvalue weighted by Gasteiger charge is 2.31. The number of hydrogen-bond donors (Lipinski definition) is 1. The van der Waals surface area contributed by atoms with Crippen molar-refractivity contribution in [2.75, 3.05) is 5.32 Å². The molecule has 31 heavy (non-hydrogen) atoms. The normalized spacial score (nSPS) is 11.4. The molecule has 0 saturated carbocycles. The molecular weight excluding hydrogens is 429 g/mol. The number of rotatable bonds is 4. The van der Waals surface area contributed by atoms with Crippen LogP contribution in [-0.2, 0) is 6.18 Å². The van der Waals surface area contributed by atoms with Gasteiger partial charge in [0.25, 0.3) is 5.91 Å². The largest absolute Gasteiger partial charge is 0.436 e. The third kappa shape index (κ3) is 4.46. The molecular formula is C23H14ClF3N2O2. The smallest absolute Gasteiger partial charge is 0.416 e. The van der Waals surface area contributed by atoms with Crippen LogP contribution >= 0.6 is 11.6 Å². The molecule has 0 aliphatic rings. The SMILES string of the molecule is O=C(Nc1cc(C(F)(F)F)ccc1Cl)c1ccccc1-c1ncc(-c2ccccc2)o1. The Morgan fingerprint density at radius 3 is 2.42 bits per heavy atom. The van der Waals surface area contributed by atoms with Crippen LogP contribution in [0.25, 0.3) is 22.8 Å². The molecule has 1 heterocycles. The second-order valence-electron chi connectivity index (χ2n) is 6.59. The molecule has 4 aromatic rings. The van der Waals surface area contributed by atoms with Crippen LogP contribution in [0.1, 0.15) is 15.9 Å². The van der Waals surface area contributed by atoms with Crippen molar-refractivity contribution in [2.24, 2.45) is 0 Å². The molecule has 156 valence electrons. The number of hydrogen-bond acceptors (Lipinski definition) is 3. The van der Waals surface area contributed by atoms with Gasteiger partial charge in [-0.2, -0.15) is 13.2 Å². The van der Waals surface area contributed by atoms with Crippen molar-refractivity contribution in [3.63, 3.8) is 0 Å². The Kier molecular flexibility index (Phi) is 5.52. The third-order valence-corrected chi connectivity index (χ3v) is 4.84. The van der Waals surface area contributed by atoms with E-state index in [1.807, 2.05) is 30.3 Å². The lowest BCUT2D eigenvalue weighted by molar-refractivity contribution is -0.137. The maximum atomic E-state index is 13.0. The minimum atomic E-state index is -4.56. The zero-order valence-corrected chi connectivity index (χ0v) is 16.5. The Balaban J connectivity index is 1.66. The lowest BCUT2D eigenvalue weighted by Gasteiger charge is -2.12. The van der Waals surface area contributed by atoms with Gasteiger partial charge in [-0.1, -0.05) is 54.1 Å². The van der Waals surface area contributed by atoms with Gasteiger partial charge >= 0.3 is 6.18 Å². The van der Waals surface area contributed by atoms with Crippen molar-refractivity contribution in [2.45, 2.75) is 6.18 Å². The van der Waals surface area contributed by atoms with Crippen LogP contribution in [0.5, 0.6) is 0 Å². The molecule has 0 unspecified atom stereocenters. The molecule has 4 nitrogen and oxygen atoms in total. The Hall–Kier alpha value is -3.58. The van der Waals surface area contributed by atoms with Gasteiger partial charge < -0.3 is 9.73 Å². The number of anilines is 1. The molecule has 4 rings (SSSR count). The van der Waals surface area contributed by atoms with Crippen LogP contribution in [0.4, 0.5) is 18.9 Å². The Morgan fingerprint density at radius 1 is 0.968 bits per heavy atom. The van der Waals surface area contributed by atoms with Gasteiger partial charge in [-0.15, -0.1) is 0 Å². The molecule has 1 amide bonds. The summed E-state index contributed by atoms with van der Waals surface area (Å²) in [5.41, 5.74) is 0.330. The van der Waals surface area contributed by atoms with E-state index in [1.165, 1.54) is 6.07 Å². The number of nitrogens with zero attached hydrogens (tertiary/aromatic N) is 1. The third-order valence-electron chi connectivity index (χ3n) is 4.51. The van der Waals surface area contributed by atoms with E-state index in [0.29, 0.717) is 11.3 Å². The molecule has 0 fully saturated rings. The van der Waals surface area contributed by atoms with E-state index in [9.17, 15) is 18.0 Å². The molecule has 0 saturated heterocycles. The number of amides is 1. The number of halogens is 4. The van der Waals surface area contributed by atoms with E-state index in [1.54, 1.807) is 24.4 Å². The van der Waals surface area contributed by atoms with Crippen molar-refractivity contribution in [1.29, 1.82) is 0 Å². The number of carbonyl (C=O) groups is 1. The van der Waals surface area contributed by atoms with Crippen molar-refractivity contribution >= 4 is 23.2 Å². The van der Waals surface area contributed by atoms with Gasteiger partial charge in [-0.25, -0.2) is 4.98 Å². The topological polar surface area (TPSA) is 55.1 Å². The first-order chi connectivity index (χ1) is 14.8. The van der Waals surface area contributed by atoms with Crippen LogP contribution in [-0.4, -0.2) is 10.9 Å². The zero-order chi connectivity index (χ0) is 22.0. The van der Waals surface area contributed by atoms with Gasteiger partial charge in [-0.3, -0.25) is 4.79 Å². The fourth-order valence-corrected chi connectivity index (χ4v) is 3.15. The van der Waals surface area contributed by atoms with Crippen LogP contribution < -0.4 is 5.32 Å². The maximum absolute atomic E-state index is 13.0. The minimum absolute atomic E-state index is 0.0127. The molecule has 1 aromatic heterocycles. The summed E-state index contributed by atoms with van der Waals surface area (Å²) in [5, 5.41) is 2.43. The van der Waals surface area contributed by atoms with Crippen molar-refractivity contribution in [1.82, 2.24) is 4.98 Å². The Labute approximate surface area is 180 Å². The summed E-state index contributed by atoms with van der Waals surface area (Å²) in [5.74, 6) is 0.0859. The van der Waals surface area contributed by atoms with Gasteiger partial charge in [0.2, 0.25) is 5.89 Å². The maximum Gasteiger partial charge on any atom is 0.416 e. The summed E-state index contributed by atoms with van der Waals surface area (Å²) < 4.78 is 44.9. The second-order valence-corrected chi connectivity index (χ2v) is 6.99. The standard InChI is InChI=1S/C23H14ClF3N2O2/c24-18-11-10-15(23(25,26)27)12-19(18)29-21(30)16-8-4-5-9-17(16)22-28-13-20(31-22)14-6-2-1-3-7-14/h1-13H,(H,29,30). The molecule has 0 radical (unpaired) electrons. The zero-order valence-electron chi connectivity index (χ0n) is 15.8. The average molecular weight is 443 g/mol. The second kappa shape index (κ2) is 8.28. The van der Waals surface area contributed by atoms with Crippen LogP contribution in [0, 0.1) is 0 Å². The number of oxazole rings is 1. The van der Waals surface area contributed by atoms with E-state index in [-0.39, 0.29) is 22.2 Å². The summed E-state index contributed by atoms with van der Waals surface area (Å²) in [6.07, 6.45) is -3.02. The monoisotopic (exact) mass is 442 g/mol. The van der Waals surface area contributed by atoms with E-state index < -0.39 is 17.6 Å². The highest BCUT2D eigenvalue weighted by Crippen LogP contribution is 2.34. The molecule has 3 aromatic carbocycles. The van der Waals surface area contributed by atoms with Crippen molar-refractivity contribution < 1.29 is 22.4 Å². The summed E-state index contributed by atoms with van der Waals surface area (Å²) in [4.78, 5) is 17.1. The molecule has 0 aliphatic carbocycles. The predicted octanol–water partition coefficient (Wildman–Crippen LogP) is 6.93. The molecule has 8 heteroatoms. The first kappa shape index (κ1) is 20.7. The van der Waals surface area contributed by atoms with E-state index in [2.05, 4.69) is 10.3 Å². The first-order valence-electron chi connectivity index (χ1n) is 9.11. The fourth-order valence-electron chi connectivity index (χ4n) is 2.99. The van der Waals surface area contributed by atoms with Gasteiger partial charge in [0, 0.05) is 11.1 Å². The highest BCUT2D eigenvalue weighted by atomic mass is 35.5. The van der Waals surface area contributed by atoms with Crippen molar-refractivity contribution in [3.8, 4) is 22.8 Å². The van der Waals surface area contributed by atoms with Crippen molar-refractivity contribution in [3.05, 3.63) is 95.1 Å². The first-order valence-corrected chi connectivity index (χ1v) is 9.49. The lowest BCUT2D eigenvalue weighted by Crippen LogP contribution is -2.14. The Morgan fingerprint density at radius 2 is 1.68 bits per heavy atom. The number of alkyl halides is 3. The minimum Gasteiger partial charge on any atom is -0.436 e. The fraction of sp³-hybridized carbons (Fsp3) is 0.0435. The molecule has 0 spiro atoms. The molecule has 0 bridgehead atoms. The average Bonchev–Trinajstić information content (AvgIpc) is 3.25. The predicted molar refractivity (Wildman–Crippen MR) is 112 cm³/mol. The summed E-state index contributed by atoms with van der Waals surface area (Å²) in [6, 6.07) is 18.5. The Bertz CT molecular complexity index is 1240. The number of benzene rings is 3.